The molecule has 1 amide bonds. The van der Waals surface area contributed by atoms with Gasteiger partial charge in [0.1, 0.15) is 0 Å². The summed E-state index contributed by atoms with van der Waals surface area (Å²) in [7, 11) is -3.48. The van der Waals surface area contributed by atoms with Gasteiger partial charge in [-0.1, -0.05) is 30.0 Å². The Bertz CT molecular complexity index is 1120. The molecule has 144 valence electrons. The Morgan fingerprint density at radius 1 is 0.857 bits per heavy atom. The average molecular weight is 412 g/mol. The topological polar surface area (TPSA) is 63.2 Å². The Morgan fingerprint density at radius 3 is 2.14 bits per heavy atom. The maximum Gasteiger partial charge on any atom is 0.256 e. The molecule has 6 heteroatoms. The zero-order valence-electron chi connectivity index (χ0n) is 15.9. The highest BCUT2D eigenvalue weighted by Gasteiger charge is 2.18. The number of anilines is 1. The molecule has 0 radical (unpaired) electrons. The van der Waals surface area contributed by atoms with Gasteiger partial charge in [0.15, 0.2) is 9.84 Å². The minimum Gasteiger partial charge on any atom is -0.322 e. The lowest BCUT2D eigenvalue weighted by Gasteiger charge is -2.10. The second kappa shape index (κ2) is 8.20. The molecule has 0 aliphatic carbocycles. The van der Waals surface area contributed by atoms with E-state index < -0.39 is 15.7 Å². The Morgan fingerprint density at radius 2 is 1.50 bits per heavy atom. The molecule has 0 aromatic heterocycles. The molecule has 0 aliphatic rings. The van der Waals surface area contributed by atoms with Crippen molar-refractivity contribution in [3.8, 4) is 0 Å². The lowest BCUT2D eigenvalue weighted by Crippen LogP contribution is -2.15. The number of hydrogen-bond donors (Lipinski definition) is 1. The molecule has 0 unspecified atom stereocenters. The first-order chi connectivity index (χ1) is 13.2. The van der Waals surface area contributed by atoms with E-state index in [-0.39, 0.29) is 10.5 Å². The van der Waals surface area contributed by atoms with Crippen LogP contribution in [0.1, 0.15) is 21.5 Å². The normalized spacial score (nSPS) is 11.2. The fourth-order valence-corrected chi connectivity index (χ4v) is 4.50. The molecule has 3 aromatic carbocycles. The number of nitrogens with one attached hydrogen (secondary N) is 1. The minimum atomic E-state index is -3.48. The predicted octanol–water partition coefficient (Wildman–Crippen LogP) is 5.11. The summed E-state index contributed by atoms with van der Waals surface area (Å²) in [6.07, 6.45) is 1.10. The minimum absolute atomic E-state index is 0.0226. The second-order valence-electron chi connectivity index (χ2n) is 6.59. The van der Waals surface area contributed by atoms with Crippen molar-refractivity contribution in [1.82, 2.24) is 0 Å². The van der Waals surface area contributed by atoms with Gasteiger partial charge in [0.25, 0.3) is 5.91 Å². The van der Waals surface area contributed by atoms with E-state index in [1.165, 1.54) is 23.3 Å². The second-order valence-corrected chi connectivity index (χ2v) is 9.73. The first-order valence-corrected chi connectivity index (χ1v) is 11.4. The van der Waals surface area contributed by atoms with E-state index in [4.69, 9.17) is 0 Å². The number of rotatable bonds is 5. The summed E-state index contributed by atoms with van der Waals surface area (Å²) < 4.78 is 23.8. The molecule has 0 saturated carbocycles. The lowest BCUT2D eigenvalue weighted by molar-refractivity contribution is 0.102. The number of aryl methyl sites for hydroxylation is 2. The van der Waals surface area contributed by atoms with E-state index in [1.807, 2.05) is 24.3 Å². The van der Waals surface area contributed by atoms with Crippen LogP contribution in [0.4, 0.5) is 5.69 Å². The van der Waals surface area contributed by atoms with Crippen molar-refractivity contribution in [3.63, 3.8) is 0 Å². The molecule has 3 rings (SSSR count). The number of sulfone groups is 1. The lowest BCUT2D eigenvalue weighted by atomic mass is 10.1. The van der Waals surface area contributed by atoms with Crippen LogP contribution in [-0.2, 0) is 9.84 Å². The number of hydrogen-bond acceptors (Lipinski definition) is 4. The maximum atomic E-state index is 12.5. The zero-order valence-corrected chi connectivity index (χ0v) is 17.5. The zero-order chi connectivity index (χ0) is 20.3. The average Bonchev–Trinajstić information content (AvgIpc) is 2.65. The smallest absolute Gasteiger partial charge is 0.256 e. The van der Waals surface area contributed by atoms with Crippen molar-refractivity contribution in [2.75, 3.05) is 11.6 Å². The Hall–Kier alpha value is -2.57. The molecule has 0 bridgehead atoms. The summed E-state index contributed by atoms with van der Waals surface area (Å²) in [5, 5.41) is 2.77. The van der Waals surface area contributed by atoms with Crippen LogP contribution in [0.5, 0.6) is 0 Å². The van der Waals surface area contributed by atoms with Gasteiger partial charge in [0, 0.05) is 21.7 Å². The Kier molecular flexibility index (Phi) is 5.91. The van der Waals surface area contributed by atoms with Crippen molar-refractivity contribution in [3.05, 3.63) is 83.4 Å². The van der Waals surface area contributed by atoms with Crippen molar-refractivity contribution in [2.24, 2.45) is 0 Å². The van der Waals surface area contributed by atoms with Crippen LogP contribution in [0.25, 0.3) is 0 Å². The number of carbonyl (C=O) groups excluding carboxylic acids is 1. The molecule has 28 heavy (non-hydrogen) atoms. The highest BCUT2D eigenvalue weighted by Crippen LogP contribution is 2.30. The van der Waals surface area contributed by atoms with E-state index >= 15 is 0 Å². The van der Waals surface area contributed by atoms with Gasteiger partial charge in [-0.25, -0.2) is 8.42 Å². The molecular formula is C22H21NO3S2. The fourth-order valence-electron chi connectivity index (χ4n) is 2.70. The SMILES string of the molecule is Cc1ccc(Sc2ccc(NC(=O)c3ccccc3S(C)(=O)=O)cc2)cc1C. The van der Waals surface area contributed by atoms with Crippen LogP contribution < -0.4 is 5.32 Å². The summed E-state index contributed by atoms with van der Waals surface area (Å²) in [6.45, 7) is 4.18. The molecule has 0 saturated heterocycles. The van der Waals surface area contributed by atoms with Gasteiger partial charge in [0.2, 0.25) is 0 Å². The van der Waals surface area contributed by atoms with Crippen LogP contribution in [-0.4, -0.2) is 20.6 Å². The molecule has 0 heterocycles. The van der Waals surface area contributed by atoms with Crippen LogP contribution >= 0.6 is 11.8 Å². The van der Waals surface area contributed by atoms with Crippen LogP contribution in [0.3, 0.4) is 0 Å². The Balaban J connectivity index is 1.74. The third-order valence-corrected chi connectivity index (χ3v) is 6.51. The molecule has 0 aliphatic heterocycles. The molecule has 3 aromatic rings. The molecule has 4 nitrogen and oxygen atoms in total. The first kappa shape index (κ1) is 20.2. The highest BCUT2D eigenvalue weighted by atomic mass is 32.2. The van der Waals surface area contributed by atoms with Gasteiger partial charge in [-0.05, 0) is 73.5 Å². The summed E-state index contributed by atoms with van der Waals surface area (Å²) >= 11 is 1.65. The largest absolute Gasteiger partial charge is 0.322 e. The standard InChI is InChI=1S/C22H21NO3S2/c1-15-8-11-19(14-16(15)2)27-18-12-9-17(10-13-18)23-22(24)20-6-4-5-7-21(20)28(3,25)26/h4-14H,1-3H3,(H,23,24). The molecule has 1 N–H and O–H groups in total. The van der Waals surface area contributed by atoms with E-state index in [2.05, 4.69) is 37.4 Å². The molecule has 0 fully saturated rings. The van der Waals surface area contributed by atoms with Crippen molar-refractivity contribution >= 4 is 33.2 Å². The maximum absolute atomic E-state index is 12.5. The van der Waals surface area contributed by atoms with Gasteiger partial charge in [0.05, 0.1) is 10.5 Å². The summed E-state index contributed by atoms with van der Waals surface area (Å²) in [4.78, 5) is 14.8. The number of benzene rings is 3. The van der Waals surface area contributed by atoms with Crippen LogP contribution in [0.2, 0.25) is 0 Å². The van der Waals surface area contributed by atoms with E-state index in [9.17, 15) is 13.2 Å². The number of carbonyl (C=O) groups is 1. The predicted molar refractivity (Wildman–Crippen MR) is 114 cm³/mol. The van der Waals surface area contributed by atoms with Crippen LogP contribution in [0, 0.1) is 13.8 Å². The summed E-state index contributed by atoms with van der Waals surface area (Å²) in [6, 6.07) is 20.0. The summed E-state index contributed by atoms with van der Waals surface area (Å²) in [5.74, 6) is -0.449. The third kappa shape index (κ3) is 4.82. The first-order valence-electron chi connectivity index (χ1n) is 8.69. The van der Waals surface area contributed by atoms with E-state index in [0.29, 0.717) is 5.69 Å². The highest BCUT2D eigenvalue weighted by molar-refractivity contribution is 7.99. The van der Waals surface area contributed by atoms with E-state index in [0.717, 1.165) is 16.0 Å². The van der Waals surface area contributed by atoms with Crippen molar-refractivity contribution < 1.29 is 13.2 Å². The van der Waals surface area contributed by atoms with Gasteiger partial charge >= 0.3 is 0 Å². The fraction of sp³-hybridized carbons (Fsp3) is 0.136. The molecule has 0 atom stereocenters. The Labute approximate surface area is 169 Å². The van der Waals surface area contributed by atoms with Gasteiger partial charge < -0.3 is 5.32 Å². The van der Waals surface area contributed by atoms with Crippen molar-refractivity contribution in [1.29, 1.82) is 0 Å². The van der Waals surface area contributed by atoms with Crippen LogP contribution in [0.15, 0.2) is 81.4 Å². The third-order valence-electron chi connectivity index (χ3n) is 4.36. The monoisotopic (exact) mass is 411 g/mol. The van der Waals surface area contributed by atoms with Gasteiger partial charge in [-0.3, -0.25) is 4.79 Å². The number of amides is 1. The quantitative estimate of drug-likeness (QED) is 0.634. The van der Waals surface area contributed by atoms with Gasteiger partial charge in [-0.15, -0.1) is 0 Å². The van der Waals surface area contributed by atoms with Gasteiger partial charge in [-0.2, -0.15) is 0 Å². The van der Waals surface area contributed by atoms with E-state index in [1.54, 1.807) is 23.9 Å². The summed E-state index contributed by atoms with van der Waals surface area (Å²) in [5.41, 5.74) is 3.26. The van der Waals surface area contributed by atoms with Crippen molar-refractivity contribution in [2.45, 2.75) is 28.5 Å². The molecule has 0 spiro atoms. The molecular weight excluding hydrogens is 390 g/mol.